The van der Waals surface area contributed by atoms with Crippen molar-refractivity contribution in [2.75, 3.05) is 26.2 Å². The number of carbonyl (C=O) groups excluding carboxylic acids is 2. The van der Waals surface area contributed by atoms with Gasteiger partial charge in [-0.15, -0.1) is 0 Å². The summed E-state index contributed by atoms with van der Waals surface area (Å²) < 4.78 is 11.7. The number of benzene rings is 2. The zero-order valence-corrected chi connectivity index (χ0v) is 20.2. The SMILES string of the molecule is Cc1cc(Cl)ccc1OC(C)C(=O)N1CCN(C(=O)C(C)Oc2ccc(Cl)cc2C)CC1. The van der Waals surface area contributed by atoms with Gasteiger partial charge in [0.2, 0.25) is 0 Å². The Morgan fingerprint density at radius 2 is 1.09 bits per heavy atom. The van der Waals surface area contributed by atoms with E-state index in [1.54, 1.807) is 60.0 Å². The molecule has 0 bridgehead atoms. The van der Waals surface area contributed by atoms with E-state index in [0.717, 1.165) is 11.1 Å². The lowest BCUT2D eigenvalue weighted by molar-refractivity contribution is -0.146. The van der Waals surface area contributed by atoms with Crippen LogP contribution in [0.1, 0.15) is 25.0 Å². The van der Waals surface area contributed by atoms with E-state index in [-0.39, 0.29) is 11.8 Å². The Bertz CT molecular complexity index is 910. The van der Waals surface area contributed by atoms with Gasteiger partial charge in [-0.2, -0.15) is 0 Å². The van der Waals surface area contributed by atoms with Gasteiger partial charge in [0.1, 0.15) is 11.5 Å². The molecule has 0 aliphatic carbocycles. The summed E-state index contributed by atoms with van der Waals surface area (Å²) in [7, 11) is 0. The van der Waals surface area contributed by atoms with Gasteiger partial charge in [0.15, 0.2) is 12.2 Å². The third kappa shape index (κ3) is 5.87. The van der Waals surface area contributed by atoms with E-state index in [1.807, 2.05) is 13.8 Å². The summed E-state index contributed by atoms with van der Waals surface area (Å²) in [5, 5.41) is 1.25. The standard InChI is InChI=1S/C24H28Cl2N2O4/c1-15-13-19(25)5-7-21(15)31-17(3)23(29)27-9-11-28(12-10-27)24(30)18(4)32-22-8-6-20(26)14-16(22)2/h5-8,13-14,17-18H,9-12H2,1-4H3. The van der Waals surface area contributed by atoms with Gasteiger partial charge < -0.3 is 19.3 Å². The monoisotopic (exact) mass is 478 g/mol. The first-order valence-electron chi connectivity index (χ1n) is 10.6. The van der Waals surface area contributed by atoms with Crippen LogP contribution in [0.5, 0.6) is 11.5 Å². The average Bonchev–Trinajstić information content (AvgIpc) is 2.76. The van der Waals surface area contributed by atoms with Crippen molar-refractivity contribution in [3.05, 3.63) is 57.6 Å². The highest BCUT2D eigenvalue weighted by atomic mass is 35.5. The van der Waals surface area contributed by atoms with Crippen molar-refractivity contribution in [3.63, 3.8) is 0 Å². The fourth-order valence-electron chi connectivity index (χ4n) is 3.63. The summed E-state index contributed by atoms with van der Waals surface area (Å²) in [6.45, 7) is 9.04. The number of hydrogen-bond donors (Lipinski definition) is 0. The van der Waals surface area contributed by atoms with Crippen molar-refractivity contribution in [3.8, 4) is 11.5 Å². The van der Waals surface area contributed by atoms with Gasteiger partial charge in [0.25, 0.3) is 11.8 Å². The van der Waals surface area contributed by atoms with E-state index in [2.05, 4.69) is 0 Å². The number of hydrogen-bond acceptors (Lipinski definition) is 4. The number of aryl methyl sites for hydroxylation is 2. The third-order valence-corrected chi connectivity index (χ3v) is 5.95. The van der Waals surface area contributed by atoms with Crippen LogP contribution in [-0.2, 0) is 9.59 Å². The van der Waals surface area contributed by atoms with Crippen molar-refractivity contribution in [1.82, 2.24) is 9.80 Å². The first-order chi connectivity index (χ1) is 15.2. The maximum atomic E-state index is 12.8. The van der Waals surface area contributed by atoms with Gasteiger partial charge >= 0.3 is 0 Å². The predicted octanol–water partition coefficient (Wildman–Crippen LogP) is 4.52. The van der Waals surface area contributed by atoms with Crippen LogP contribution < -0.4 is 9.47 Å². The topological polar surface area (TPSA) is 59.1 Å². The fourth-order valence-corrected chi connectivity index (χ4v) is 4.09. The summed E-state index contributed by atoms with van der Waals surface area (Å²) in [6.07, 6.45) is -1.26. The molecule has 0 saturated carbocycles. The Morgan fingerprint density at radius 1 is 0.750 bits per heavy atom. The molecule has 1 aliphatic rings. The number of halogens is 2. The molecule has 1 aliphatic heterocycles. The second-order valence-corrected chi connectivity index (χ2v) is 8.86. The summed E-state index contributed by atoms with van der Waals surface area (Å²) in [4.78, 5) is 29.1. The molecule has 3 rings (SSSR count). The third-order valence-electron chi connectivity index (χ3n) is 5.48. The van der Waals surface area contributed by atoms with Gasteiger partial charge in [-0.25, -0.2) is 0 Å². The smallest absolute Gasteiger partial charge is 0.263 e. The number of carbonyl (C=O) groups is 2. The van der Waals surface area contributed by atoms with E-state index in [1.165, 1.54) is 0 Å². The largest absolute Gasteiger partial charge is 0.481 e. The molecule has 2 unspecified atom stereocenters. The highest BCUT2D eigenvalue weighted by Gasteiger charge is 2.30. The maximum absolute atomic E-state index is 12.8. The Hall–Kier alpha value is -2.44. The van der Waals surface area contributed by atoms with Crippen LogP contribution in [0.4, 0.5) is 0 Å². The Morgan fingerprint density at radius 3 is 1.41 bits per heavy atom. The van der Waals surface area contributed by atoms with E-state index in [9.17, 15) is 9.59 Å². The molecule has 0 N–H and O–H groups in total. The Kier molecular flexibility index (Phi) is 7.91. The first kappa shape index (κ1) is 24.2. The molecule has 32 heavy (non-hydrogen) atoms. The van der Waals surface area contributed by atoms with Crippen molar-refractivity contribution in [2.24, 2.45) is 0 Å². The number of piperazine rings is 1. The van der Waals surface area contributed by atoms with Crippen molar-refractivity contribution < 1.29 is 19.1 Å². The molecule has 2 atom stereocenters. The van der Waals surface area contributed by atoms with Crippen molar-refractivity contribution in [1.29, 1.82) is 0 Å². The second-order valence-electron chi connectivity index (χ2n) is 7.99. The number of nitrogens with zero attached hydrogens (tertiary/aromatic N) is 2. The summed E-state index contributed by atoms with van der Waals surface area (Å²) in [5.74, 6) is 1.06. The Balaban J connectivity index is 1.52. The highest BCUT2D eigenvalue weighted by molar-refractivity contribution is 6.31. The van der Waals surface area contributed by atoms with Gasteiger partial charge in [-0.1, -0.05) is 23.2 Å². The lowest BCUT2D eigenvalue weighted by Crippen LogP contribution is -2.55. The highest BCUT2D eigenvalue weighted by Crippen LogP contribution is 2.24. The van der Waals surface area contributed by atoms with E-state index >= 15 is 0 Å². The minimum Gasteiger partial charge on any atom is -0.481 e. The van der Waals surface area contributed by atoms with Crippen LogP contribution in [0.3, 0.4) is 0 Å². The Labute approximate surface area is 199 Å². The molecule has 2 aromatic carbocycles. The second kappa shape index (κ2) is 10.5. The molecule has 172 valence electrons. The van der Waals surface area contributed by atoms with E-state index < -0.39 is 12.2 Å². The molecule has 1 saturated heterocycles. The van der Waals surface area contributed by atoms with Crippen LogP contribution in [0.25, 0.3) is 0 Å². The molecule has 0 aromatic heterocycles. The molecular formula is C24H28Cl2N2O4. The minimum absolute atomic E-state index is 0.104. The molecule has 1 heterocycles. The summed E-state index contributed by atoms with van der Waals surface area (Å²) >= 11 is 12.0. The van der Waals surface area contributed by atoms with Gasteiger partial charge in [-0.05, 0) is 75.2 Å². The molecule has 1 fully saturated rings. The van der Waals surface area contributed by atoms with E-state index in [4.69, 9.17) is 32.7 Å². The summed E-state index contributed by atoms with van der Waals surface area (Å²) in [5.41, 5.74) is 1.75. The number of rotatable bonds is 6. The number of amides is 2. The van der Waals surface area contributed by atoms with Gasteiger partial charge in [-0.3, -0.25) is 9.59 Å². The van der Waals surface area contributed by atoms with Gasteiger partial charge in [0, 0.05) is 36.2 Å². The average molecular weight is 479 g/mol. The first-order valence-corrected chi connectivity index (χ1v) is 11.3. The molecular weight excluding hydrogens is 451 g/mol. The van der Waals surface area contributed by atoms with Gasteiger partial charge in [0.05, 0.1) is 0 Å². The van der Waals surface area contributed by atoms with E-state index in [0.29, 0.717) is 47.7 Å². The summed E-state index contributed by atoms with van der Waals surface area (Å²) in [6, 6.07) is 10.6. The quantitative estimate of drug-likeness (QED) is 0.612. The maximum Gasteiger partial charge on any atom is 0.263 e. The van der Waals surface area contributed by atoms with Crippen LogP contribution in [0.15, 0.2) is 36.4 Å². The molecule has 2 aromatic rings. The molecule has 6 nitrogen and oxygen atoms in total. The molecule has 0 spiro atoms. The zero-order chi connectivity index (χ0) is 23.4. The predicted molar refractivity (Wildman–Crippen MR) is 126 cm³/mol. The van der Waals surface area contributed by atoms with Crippen molar-refractivity contribution in [2.45, 2.75) is 39.9 Å². The lowest BCUT2D eigenvalue weighted by Gasteiger charge is -2.37. The van der Waals surface area contributed by atoms with Crippen molar-refractivity contribution >= 4 is 35.0 Å². The lowest BCUT2D eigenvalue weighted by atomic mass is 10.2. The van der Waals surface area contributed by atoms with Crippen LogP contribution in [-0.4, -0.2) is 60.0 Å². The van der Waals surface area contributed by atoms with Crippen LogP contribution >= 0.6 is 23.2 Å². The van der Waals surface area contributed by atoms with Crippen LogP contribution in [0.2, 0.25) is 10.0 Å². The molecule has 2 amide bonds. The molecule has 8 heteroatoms. The minimum atomic E-state index is -0.632. The molecule has 0 radical (unpaired) electrons. The fraction of sp³-hybridized carbons (Fsp3) is 0.417. The number of ether oxygens (including phenoxy) is 2. The van der Waals surface area contributed by atoms with Crippen LogP contribution in [0, 0.1) is 13.8 Å². The normalized spacial score (nSPS) is 15.8. The zero-order valence-electron chi connectivity index (χ0n) is 18.7.